The maximum Gasteiger partial charge on any atom is 0.293 e. The summed E-state index contributed by atoms with van der Waals surface area (Å²) >= 11 is 7.19. The smallest absolute Gasteiger partial charge is 0.293 e. The molecule has 1 aromatic heterocycles. The van der Waals surface area contributed by atoms with Crippen LogP contribution in [0.4, 0.5) is 10.1 Å². The zero-order valence-electron chi connectivity index (χ0n) is 15.1. The molecule has 1 aromatic carbocycles. The topological polar surface area (TPSA) is 102 Å². The van der Waals surface area contributed by atoms with E-state index in [-0.39, 0.29) is 24.1 Å². The van der Waals surface area contributed by atoms with E-state index >= 15 is 0 Å². The number of benzene rings is 1. The van der Waals surface area contributed by atoms with Gasteiger partial charge in [-0.1, -0.05) is 23.4 Å². The molecule has 154 valence electrons. The van der Waals surface area contributed by atoms with Gasteiger partial charge in [0.1, 0.15) is 5.82 Å². The largest absolute Gasteiger partial charge is 0.381 e. The van der Waals surface area contributed by atoms with Gasteiger partial charge < -0.3 is 15.8 Å². The lowest BCUT2D eigenvalue weighted by atomic mass is 9.75. The van der Waals surface area contributed by atoms with Gasteiger partial charge in [0.2, 0.25) is 5.82 Å². The van der Waals surface area contributed by atoms with E-state index in [0.29, 0.717) is 46.8 Å². The highest BCUT2D eigenvalue weighted by atomic mass is 35.5. The van der Waals surface area contributed by atoms with Crippen molar-refractivity contribution in [3.05, 3.63) is 52.8 Å². The number of hydrogen-bond acceptors (Lipinski definition) is 7. The van der Waals surface area contributed by atoms with Gasteiger partial charge in [-0.3, -0.25) is 9.79 Å². The van der Waals surface area contributed by atoms with Crippen LogP contribution < -0.4 is 11.1 Å². The Morgan fingerprint density at radius 1 is 1.38 bits per heavy atom. The fraction of sp³-hybridized carbons (Fsp3) is 0.333. The second-order valence-electron chi connectivity index (χ2n) is 6.58. The van der Waals surface area contributed by atoms with Crippen LogP contribution in [0.2, 0.25) is 5.02 Å². The van der Waals surface area contributed by atoms with Gasteiger partial charge in [-0.15, -0.1) is 12.4 Å². The minimum atomic E-state index is -0.796. The normalized spacial score (nSPS) is 23.4. The number of thioether (sulfide) groups is 1. The number of halogens is 3. The quantitative estimate of drug-likeness (QED) is 0.732. The third-order valence-corrected chi connectivity index (χ3v) is 6.03. The van der Waals surface area contributed by atoms with Crippen molar-refractivity contribution in [1.82, 2.24) is 9.97 Å². The first kappa shape index (κ1) is 21.8. The Balaban J connectivity index is 0.00000240. The van der Waals surface area contributed by atoms with E-state index in [0.717, 1.165) is 0 Å². The number of nitrogens with two attached hydrogens (primary N) is 1. The average Bonchev–Trinajstić information content (AvgIpc) is 2.69. The van der Waals surface area contributed by atoms with Crippen molar-refractivity contribution >= 4 is 52.5 Å². The molecule has 0 bridgehead atoms. The highest BCUT2D eigenvalue weighted by Gasteiger charge is 2.47. The minimum absolute atomic E-state index is 0. The highest BCUT2D eigenvalue weighted by Crippen LogP contribution is 2.46. The zero-order chi connectivity index (χ0) is 19.7. The molecule has 1 fully saturated rings. The molecule has 2 atom stereocenters. The van der Waals surface area contributed by atoms with E-state index in [9.17, 15) is 9.18 Å². The Morgan fingerprint density at radius 2 is 2.14 bits per heavy atom. The number of anilines is 1. The Labute approximate surface area is 182 Å². The Kier molecular flexibility index (Phi) is 6.62. The molecule has 1 unspecified atom stereocenters. The van der Waals surface area contributed by atoms with Crippen molar-refractivity contribution in [2.24, 2.45) is 16.6 Å². The lowest BCUT2D eigenvalue weighted by Crippen LogP contribution is -2.47. The molecule has 2 aliphatic rings. The number of hydrogen-bond donors (Lipinski definition) is 2. The molecule has 3 heterocycles. The molecular weight excluding hydrogens is 440 g/mol. The van der Waals surface area contributed by atoms with Gasteiger partial charge in [-0.25, -0.2) is 14.4 Å². The number of rotatable bonds is 3. The fourth-order valence-electron chi connectivity index (χ4n) is 3.51. The highest BCUT2D eigenvalue weighted by molar-refractivity contribution is 8.13. The summed E-state index contributed by atoms with van der Waals surface area (Å²) in [5.41, 5.74) is 6.00. The summed E-state index contributed by atoms with van der Waals surface area (Å²) in [6, 6.07) is 4.42. The van der Waals surface area contributed by atoms with Crippen LogP contribution >= 0.6 is 35.8 Å². The summed E-state index contributed by atoms with van der Waals surface area (Å²) in [4.78, 5) is 24.8. The standard InChI is InChI=1S/C18H17ClFN5O2S.ClH/c19-11-6-22-15(23-7-11)16(26)24-12-1-2-14(20)13(5-12)18-3-4-27-8-10(18)9-28-17(21)25-18;/h1-2,5-7,10H,3-4,8-9H2,(H2,21,25)(H,24,26);1H/t10?,18-;/m1./s1. The van der Waals surface area contributed by atoms with Gasteiger partial charge >= 0.3 is 0 Å². The van der Waals surface area contributed by atoms with Gasteiger partial charge in [0.05, 0.1) is 17.2 Å². The molecule has 0 aliphatic carbocycles. The molecular formula is C18H18Cl2FN5O2S. The first-order valence-electron chi connectivity index (χ1n) is 8.63. The van der Waals surface area contributed by atoms with Gasteiger partial charge in [0.25, 0.3) is 5.91 Å². The third-order valence-electron chi connectivity index (χ3n) is 4.88. The van der Waals surface area contributed by atoms with Crippen LogP contribution in [0.5, 0.6) is 0 Å². The van der Waals surface area contributed by atoms with E-state index in [1.807, 2.05) is 0 Å². The number of ether oxygens (including phenoxy) is 1. The van der Waals surface area contributed by atoms with E-state index in [4.69, 9.17) is 22.1 Å². The van der Waals surface area contributed by atoms with Crippen molar-refractivity contribution in [1.29, 1.82) is 0 Å². The molecule has 29 heavy (non-hydrogen) atoms. The number of aromatic nitrogens is 2. The van der Waals surface area contributed by atoms with Gasteiger partial charge in [-0.2, -0.15) is 0 Å². The fourth-order valence-corrected chi connectivity index (χ4v) is 4.58. The molecule has 11 heteroatoms. The second kappa shape index (κ2) is 8.83. The monoisotopic (exact) mass is 457 g/mol. The summed E-state index contributed by atoms with van der Waals surface area (Å²) in [7, 11) is 0. The Hall–Kier alpha value is -1.94. The van der Waals surface area contributed by atoms with E-state index in [1.54, 1.807) is 6.07 Å². The first-order chi connectivity index (χ1) is 13.5. The summed E-state index contributed by atoms with van der Waals surface area (Å²) in [6.07, 6.45) is 3.19. The number of carbonyl (C=O) groups is 1. The van der Waals surface area contributed by atoms with Crippen molar-refractivity contribution in [2.45, 2.75) is 12.0 Å². The number of nitrogens with zero attached hydrogens (tertiary/aromatic N) is 3. The van der Waals surface area contributed by atoms with Gasteiger partial charge in [-0.05, 0) is 18.2 Å². The van der Waals surface area contributed by atoms with Crippen LogP contribution in [0.25, 0.3) is 0 Å². The van der Waals surface area contributed by atoms with Crippen LogP contribution in [-0.2, 0) is 10.3 Å². The lowest BCUT2D eigenvalue weighted by Gasteiger charge is -2.44. The number of amidine groups is 1. The number of fused-ring (bicyclic) bond motifs is 1. The van der Waals surface area contributed by atoms with Crippen LogP contribution in [0.1, 0.15) is 22.6 Å². The Bertz CT molecular complexity index is 946. The maximum atomic E-state index is 14.8. The summed E-state index contributed by atoms with van der Waals surface area (Å²) in [6.45, 7) is 0.949. The number of nitrogens with one attached hydrogen (secondary N) is 1. The van der Waals surface area contributed by atoms with Crippen LogP contribution in [0, 0.1) is 11.7 Å². The van der Waals surface area contributed by atoms with Crippen LogP contribution in [0.15, 0.2) is 35.6 Å². The van der Waals surface area contributed by atoms with Crippen LogP contribution in [0.3, 0.4) is 0 Å². The predicted molar refractivity (Wildman–Crippen MR) is 113 cm³/mol. The third kappa shape index (κ3) is 4.32. The average molecular weight is 458 g/mol. The summed E-state index contributed by atoms with van der Waals surface area (Å²) in [5, 5.41) is 3.46. The van der Waals surface area contributed by atoms with E-state index in [1.165, 1.54) is 36.3 Å². The molecule has 4 rings (SSSR count). The SMILES string of the molecule is Cl.NC1=N[C@]2(c3cc(NC(=O)c4ncc(Cl)cn4)ccc3F)CCOCC2CS1. The Morgan fingerprint density at radius 3 is 2.90 bits per heavy atom. The predicted octanol–water partition coefficient (Wildman–Crippen LogP) is 3.24. The second-order valence-corrected chi connectivity index (χ2v) is 8.06. The van der Waals surface area contributed by atoms with Crippen LogP contribution in [-0.4, -0.2) is 40.0 Å². The number of amides is 1. The summed E-state index contributed by atoms with van der Waals surface area (Å²) < 4.78 is 20.4. The molecule has 0 radical (unpaired) electrons. The summed E-state index contributed by atoms with van der Waals surface area (Å²) in [5.74, 6) is -0.245. The number of aliphatic imine (C=N–C) groups is 1. The first-order valence-corrected chi connectivity index (χ1v) is 9.99. The molecule has 0 spiro atoms. The molecule has 1 amide bonds. The maximum absolute atomic E-state index is 14.8. The number of carbonyl (C=O) groups excluding carboxylic acids is 1. The van der Waals surface area contributed by atoms with E-state index in [2.05, 4.69) is 20.3 Å². The van der Waals surface area contributed by atoms with Crippen molar-refractivity contribution < 1.29 is 13.9 Å². The van der Waals surface area contributed by atoms with Crippen molar-refractivity contribution in [3.63, 3.8) is 0 Å². The molecule has 3 N–H and O–H groups in total. The zero-order valence-corrected chi connectivity index (χ0v) is 17.5. The molecule has 0 saturated carbocycles. The van der Waals surface area contributed by atoms with Crippen molar-refractivity contribution in [2.75, 3.05) is 24.3 Å². The molecule has 7 nitrogen and oxygen atoms in total. The van der Waals surface area contributed by atoms with E-state index < -0.39 is 17.3 Å². The van der Waals surface area contributed by atoms with Gasteiger partial charge in [0, 0.05) is 48.3 Å². The lowest BCUT2D eigenvalue weighted by molar-refractivity contribution is 0.00886. The molecule has 1 saturated heterocycles. The molecule has 2 aromatic rings. The van der Waals surface area contributed by atoms with Crippen molar-refractivity contribution in [3.8, 4) is 0 Å². The minimum Gasteiger partial charge on any atom is -0.381 e. The molecule has 2 aliphatic heterocycles. The van der Waals surface area contributed by atoms with Gasteiger partial charge in [0.15, 0.2) is 5.17 Å².